The van der Waals surface area contributed by atoms with Crippen LogP contribution in [0.1, 0.15) is 13.3 Å². The number of carbonyl (C=O) groups excluding carboxylic acids is 2. The van der Waals surface area contributed by atoms with E-state index in [1.54, 1.807) is 23.2 Å². The van der Waals surface area contributed by atoms with Crippen molar-refractivity contribution >= 4 is 39.1 Å². The number of hydrogen-bond acceptors (Lipinski definition) is 5. The second-order valence-corrected chi connectivity index (χ2v) is 7.23. The molecule has 0 bridgehead atoms. The monoisotopic (exact) mass is 366 g/mol. The molecule has 6 heteroatoms. The Morgan fingerprint density at radius 1 is 1.27 bits per heavy atom. The van der Waals surface area contributed by atoms with Gasteiger partial charge in [0.25, 0.3) is 0 Å². The summed E-state index contributed by atoms with van der Waals surface area (Å²) < 4.78 is 6.19. The summed E-state index contributed by atoms with van der Waals surface area (Å²) in [5, 5.41) is 0.918. The fraction of sp³-hybridized carbons (Fsp3) is 0.250. The van der Waals surface area contributed by atoms with Crippen LogP contribution in [0, 0.1) is 5.92 Å². The highest BCUT2D eigenvalue weighted by molar-refractivity contribution is 7.21. The maximum atomic E-state index is 12.4. The zero-order valence-electron chi connectivity index (χ0n) is 14.3. The van der Waals surface area contributed by atoms with Crippen LogP contribution in [-0.2, 0) is 14.3 Å². The van der Waals surface area contributed by atoms with Crippen molar-refractivity contribution in [3.8, 4) is 10.6 Å². The number of nitrogens with zero attached hydrogens (tertiary/aromatic N) is 2. The average molecular weight is 366 g/mol. The Morgan fingerprint density at radius 2 is 2.12 bits per heavy atom. The smallest absolute Gasteiger partial charge is 0.311 e. The first-order chi connectivity index (χ1) is 12.7. The molecule has 5 nitrogen and oxygen atoms in total. The molecule has 1 aliphatic heterocycles. The lowest BCUT2D eigenvalue weighted by atomic mass is 10.1. The van der Waals surface area contributed by atoms with Crippen molar-refractivity contribution < 1.29 is 14.3 Å². The molecule has 132 valence electrons. The summed E-state index contributed by atoms with van der Waals surface area (Å²) in [6, 6.07) is 15.8. The Balaban J connectivity index is 1.61. The zero-order valence-corrected chi connectivity index (χ0v) is 15.2. The van der Waals surface area contributed by atoms with Gasteiger partial charge in [-0.2, -0.15) is 0 Å². The Bertz CT molecular complexity index is 949. The molecule has 26 heavy (non-hydrogen) atoms. The lowest BCUT2D eigenvalue weighted by molar-refractivity contribution is -0.147. The molecule has 1 amide bonds. The Morgan fingerprint density at radius 3 is 2.92 bits per heavy atom. The van der Waals surface area contributed by atoms with Crippen molar-refractivity contribution in [2.75, 3.05) is 18.1 Å². The number of ether oxygens (including phenoxy) is 1. The summed E-state index contributed by atoms with van der Waals surface area (Å²) in [4.78, 5) is 30.7. The standard InChI is InChI=1S/C20H18N2O3S/c1-2-25-20(24)14-11-18(23)22(12-14)15-7-5-6-13(10-15)19-21-16-8-3-4-9-17(16)26-19/h3-10,14H,2,11-12H2,1H3/t14-/m1/s1. The van der Waals surface area contributed by atoms with Gasteiger partial charge in [-0.1, -0.05) is 24.3 Å². The van der Waals surface area contributed by atoms with Gasteiger partial charge in [-0.25, -0.2) is 4.98 Å². The molecular formula is C20H18N2O3S. The molecule has 1 atom stereocenters. The minimum atomic E-state index is -0.395. The van der Waals surface area contributed by atoms with E-state index in [1.807, 2.05) is 48.5 Å². The molecular weight excluding hydrogens is 348 g/mol. The number of thiazole rings is 1. The number of hydrogen-bond donors (Lipinski definition) is 0. The molecule has 0 unspecified atom stereocenters. The van der Waals surface area contributed by atoms with E-state index >= 15 is 0 Å². The van der Waals surface area contributed by atoms with Gasteiger partial charge in [0.15, 0.2) is 0 Å². The summed E-state index contributed by atoms with van der Waals surface area (Å²) in [6.07, 6.45) is 0.199. The van der Waals surface area contributed by atoms with Crippen molar-refractivity contribution in [2.45, 2.75) is 13.3 Å². The highest BCUT2D eigenvalue weighted by atomic mass is 32.1. The number of carbonyl (C=O) groups is 2. The van der Waals surface area contributed by atoms with Gasteiger partial charge in [-0.05, 0) is 31.2 Å². The Hall–Kier alpha value is -2.73. The van der Waals surface area contributed by atoms with Crippen molar-refractivity contribution in [3.05, 3.63) is 48.5 Å². The molecule has 4 rings (SSSR count). The van der Waals surface area contributed by atoms with Gasteiger partial charge in [0.1, 0.15) is 5.01 Å². The van der Waals surface area contributed by atoms with Crippen molar-refractivity contribution in [2.24, 2.45) is 5.92 Å². The predicted octanol–water partition coefficient (Wildman–Crippen LogP) is 3.88. The number of esters is 1. The Kier molecular flexibility index (Phi) is 4.42. The molecule has 2 heterocycles. The van der Waals surface area contributed by atoms with E-state index < -0.39 is 5.92 Å². The van der Waals surface area contributed by atoms with Crippen LogP contribution in [0.15, 0.2) is 48.5 Å². The van der Waals surface area contributed by atoms with E-state index in [0.29, 0.717) is 13.2 Å². The van der Waals surface area contributed by atoms with E-state index in [-0.39, 0.29) is 18.3 Å². The van der Waals surface area contributed by atoms with Gasteiger partial charge in [0, 0.05) is 24.2 Å². The van der Waals surface area contributed by atoms with Gasteiger partial charge >= 0.3 is 5.97 Å². The fourth-order valence-electron chi connectivity index (χ4n) is 3.18. The van der Waals surface area contributed by atoms with Gasteiger partial charge in [0.2, 0.25) is 5.91 Å². The van der Waals surface area contributed by atoms with Crippen molar-refractivity contribution in [1.29, 1.82) is 0 Å². The minimum absolute atomic E-state index is 0.0514. The number of fused-ring (bicyclic) bond motifs is 1. The number of aromatic nitrogens is 1. The summed E-state index contributed by atoms with van der Waals surface area (Å²) >= 11 is 1.63. The summed E-state index contributed by atoms with van der Waals surface area (Å²) in [5.74, 6) is -0.747. The second kappa shape index (κ2) is 6.88. The van der Waals surface area contributed by atoms with E-state index in [1.165, 1.54) is 0 Å². The molecule has 1 aromatic heterocycles. The number of anilines is 1. The van der Waals surface area contributed by atoms with Gasteiger partial charge in [-0.15, -0.1) is 11.3 Å². The first-order valence-electron chi connectivity index (χ1n) is 8.58. The third-order valence-corrected chi connectivity index (χ3v) is 5.53. The van der Waals surface area contributed by atoms with E-state index in [9.17, 15) is 9.59 Å². The van der Waals surface area contributed by atoms with Gasteiger partial charge in [0.05, 0.1) is 22.7 Å². The average Bonchev–Trinajstić information content (AvgIpc) is 3.25. The first-order valence-corrected chi connectivity index (χ1v) is 9.40. The van der Waals surface area contributed by atoms with E-state index in [2.05, 4.69) is 4.98 Å². The highest BCUT2D eigenvalue weighted by Gasteiger charge is 2.36. The maximum absolute atomic E-state index is 12.4. The predicted molar refractivity (Wildman–Crippen MR) is 102 cm³/mol. The lowest BCUT2D eigenvalue weighted by Crippen LogP contribution is -2.26. The van der Waals surface area contributed by atoms with Crippen LogP contribution >= 0.6 is 11.3 Å². The number of benzene rings is 2. The van der Waals surface area contributed by atoms with E-state index in [4.69, 9.17) is 4.74 Å². The Labute approximate surface area is 155 Å². The number of amides is 1. The van der Waals surface area contributed by atoms with Gasteiger partial charge in [-0.3, -0.25) is 9.59 Å². The van der Waals surface area contributed by atoms with Crippen LogP contribution < -0.4 is 4.90 Å². The topological polar surface area (TPSA) is 59.5 Å². The van der Waals surface area contributed by atoms with Crippen LogP contribution in [0.2, 0.25) is 0 Å². The first kappa shape index (κ1) is 16.7. The molecule has 1 saturated heterocycles. The summed E-state index contributed by atoms with van der Waals surface area (Å²) in [5.41, 5.74) is 2.73. The highest BCUT2D eigenvalue weighted by Crippen LogP contribution is 2.33. The largest absolute Gasteiger partial charge is 0.466 e. The molecule has 3 aromatic rings. The second-order valence-electron chi connectivity index (χ2n) is 6.19. The van der Waals surface area contributed by atoms with Gasteiger partial charge < -0.3 is 9.64 Å². The molecule has 0 saturated carbocycles. The molecule has 0 spiro atoms. The van der Waals surface area contributed by atoms with Crippen LogP contribution in [0.5, 0.6) is 0 Å². The van der Waals surface area contributed by atoms with Crippen LogP contribution in [-0.4, -0.2) is 30.0 Å². The number of rotatable bonds is 4. The summed E-state index contributed by atoms with van der Waals surface area (Å²) in [6.45, 7) is 2.46. The molecule has 2 aromatic carbocycles. The van der Waals surface area contributed by atoms with Crippen LogP contribution in [0.4, 0.5) is 5.69 Å². The fourth-order valence-corrected chi connectivity index (χ4v) is 4.14. The zero-order chi connectivity index (χ0) is 18.1. The van der Waals surface area contributed by atoms with Crippen LogP contribution in [0.3, 0.4) is 0 Å². The normalized spacial score (nSPS) is 17.0. The third kappa shape index (κ3) is 3.08. The van der Waals surface area contributed by atoms with Crippen LogP contribution in [0.25, 0.3) is 20.8 Å². The van der Waals surface area contributed by atoms with E-state index in [0.717, 1.165) is 26.5 Å². The quantitative estimate of drug-likeness (QED) is 0.658. The SMILES string of the molecule is CCOC(=O)[C@@H]1CC(=O)N(c2cccc(-c3nc4ccccc4s3)c2)C1. The lowest BCUT2D eigenvalue weighted by Gasteiger charge is -2.17. The molecule has 1 aliphatic rings. The molecule has 0 aliphatic carbocycles. The maximum Gasteiger partial charge on any atom is 0.311 e. The third-order valence-electron chi connectivity index (χ3n) is 4.44. The number of para-hydroxylation sites is 1. The molecule has 0 N–H and O–H groups in total. The molecule has 1 fully saturated rings. The van der Waals surface area contributed by atoms with Crippen molar-refractivity contribution in [3.63, 3.8) is 0 Å². The molecule has 0 radical (unpaired) electrons. The summed E-state index contributed by atoms with van der Waals surface area (Å²) in [7, 11) is 0. The van der Waals surface area contributed by atoms with Crippen molar-refractivity contribution in [1.82, 2.24) is 4.98 Å². The minimum Gasteiger partial charge on any atom is -0.466 e.